The van der Waals surface area contributed by atoms with E-state index in [2.05, 4.69) is 10.6 Å². The molecule has 0 aliphatic heterocycles. The maximum absolute atomic E-state index is 12.7. The van der Waals surface area contributed by atoms with Gasteiger partial charge in [0.15, 0.2) is 0 Å². The monoisotopic (exact) mass is 420 g/mol. The van der Waals surface area contributed by atoms with Gasteiger partial charge in [-0.3, -0.25) is 9.59 Å². The van der Waals surface area contributed by atoms with Crippen molar-refractivity contribution in [3.05, 3.63) is 89.5 Å². The van der Waals surface area contributed by atoms with Crippen LogP contribution in [0.4, 0.5) is 0 Å². The number of amides is 2. The van der Waals surface area contributed by atoms with Crippen molar-refractivity contribution in [3.63, 3.8) is 0 Å². The molecule has 0 atom stereocenters. The molecule has 160 valence electrons. The normalized spacial score (nSPS) is 11.0. The highest BCUT2D eigenvalue weighted by molar-refractivity contribution is 6.05. The van der Waals surface area contributed by atoms with Crippen molar-refractivity contribution in [2.75, 3.05) is 20.3 Å². The molecule has 7 nitrogen and oxygen atoms in total. The van der Waals surface area contributed by atoms with Crippen LogP contribution >= 0.6 is 0 Å². The van der Waals surface area contributed by atoms with Gasteiger partial charge >= 0.3 is 0 Å². The Morgan fingerprint density at radius 1 is 1.03 bits per heavy atom. The quantitative estimate of drug-likeness (QED) is 0.408. The Morgan fingerprint density at radius 3 is 2.58 bits per heavy atom. The Kier molecular flexibility index (Phi) is 7.48. The molecule has 0 saturated heterocycles. The van der Waals surface area contributed by atoms with Crippen LogP contribution < -0.4 is 20.1 Å². The maximum Gasteiger partial charge on any atom is 0.268 e. The van der Waals surface area contributed by atoms with Gasteiger partial charge in [-0.15, -0.1) is 0 Å². The number of hydrogen-bond donors (Lipinski definition) is 2. The average molecular weight is 420 g/mol. The highest BCUT2D eigenvalue weighted by Gasteiger charge is 2.15. The van der Waals surface area contributed by atoms with Crippen LogP contribution in [0.15, 0.2) is 77.0 Å². The molecule has 0 aliphatic carbocycles. The largest absolute Gasteiger partial charge is 0.497 e. The molecule has 3 rings (SSSR count). The SMILES string of the molecule is COc1cccc(OCCNC(=O)/C(=C/c2ccco2)NC(=O)c2cccc(C)c2)c1. The molecular weight excluding hydrogens is 396 g/mol. The molecule has 31 heavy (non-hydrogen) atoms. The zero-order valence-electron chi connectivity index (χ0n) is 17.4. The molecule has 0 saturated carbocycles. The van der Waals surface area contributed by atoms with Crippen LogP contribution in [0.5, 0.6) is 11.5 Å². The molecule has 0 bridgehead atoms. The van der Waals surface area contributed by atoms with Gasteiger partial charge in [-0.05, 0) is 43.3 Å². The molecule has 0 aliphatic rings. The first-order chi connectivity index (χ1) is 15.0. The fraction of sp³-hybridized carbons (Fsp3) is 0.167. The Morgan fingerprint density at radius 2 is 1.84 bits per heavy atom. The van der Waals surface area contributed by atoms with E-state index < -0.39 is 5.91 Å². The van der Waals surface area contributed by atoms with E-state index in [-0.39, 0.29) is 24.8 Å². The van der Waals surface area contributed by atoms with Crippen molar-refractivity contribution >= 4 is 17.9 Å². The van der Waals surface area contributed by atoms with Crippen molar-refractivity contribution in [2.45, 2.75) is 6.92 Å². The lowest BCUT2D eigenvalue weighted by Gasteiger charge is -2.12. The third kappa shape index (κ3) is 6.50. The number of rotatable bonds is 9. The van der Waals surface area contributed by atoms with Crippen LogP contribution in [0.1, 0.15) is 21.7 Å². The number of methoxy groups -OCH3 is 1. The van der Waals surface area contributed by atoms with Gasteiger partial charge < -0.3 is 24.5 Å². The summed E-state index contributed by atoms with van der Waals surface area (Å²) in [5.41, 5.74) is 1.48. The summed E-state index contributed by atoms with van der Waals surface area (Å²) >= 11 is 0. The Labute approximate surface area is 180 Å². The average Bonchev–Trinajstić information content (AvgIpc) is 3.29. The lowest BCUT2D eigenvalue weighted by molar-refractivity contribution is -0.117. The van der Waals surface area contributed by atoms with Crippen LogP contribution in [-0.4, -0.2) is 32.1 Å². The van der Waals surface area contributed by atoms with Crippen LogP contribution in [-0.2, 0) is 4.79 Å². The third-order valence-corrected chi connectivity index (χ3v) is 4.30. The van der Waals surface area contributed by atoms with Crippen LogP contribution in [0.2, 0.25) is 0 Å². The van der Waals surface area contributed by atoms with E-state index in [9.17, 15) is 9.59 Å². The van der Waals surface area contributed by atoms with Gasteiger partial charge in [0, 0.05) is 17.7 Å². The topological polar surface area (TPSA) is 89.8 Å². The van der Waals surface area contributed by atoms with Gasteiger partial charge in [0.25, 0.3) is 11.8 Å². The predicted molar refractivity (Wildman–Crippen MR) is 117 cm³/mol. The molecular formula is C24H24N2O5. The summed E-state index contributed by atoms with van der Waals surface area (Å²) in [6.07, 6.45) is 2.97. The minimum Gasteiger partial charge on any atom is -0.497 e. The Balaban J connectivity index is 1.62. The molecule has 1 aromatic heterocycles. The van der Waals surface area contributed by atoms with E-state index in [1.165, 1.54) is 12.3 Å². The van der Waals surface area contributed by atoms with Crippen molar-refractivity contribution in [1.29, 1.82) is 0 Å². The van der Waals surface area contributed by atoms with E-state index >= 15 is 0 Å². The lowest BCUT2D eigenvalue weighted by atomic mass is 10.1. The Bertz CT molecular complexity index is 1060. The van der Waals surface area contributed by atoms with E-state index in [1.807, 2.05) is 25.1 Å². The minimum atomic E-state index is -0.452. The number of carbonyl (C=O) groups is 2. The number of nitrogens with one attached hydrogen (secondary N) is 2. The van der Waals surface area contributed by atoms with Crippen molar-refractivity contribution in [1.82, 2.24) is 10.6 Å². The summed E-state index contributed by atoms with van der Waals surface area (Å²) in [7, 11) is 1.58. The highest BCUT2D eigenvalue weighted by atomic mass is 16.5. The minimum absolute atomic E-state index is 0.0721. The molecule has 0 unspecified atom stereocenters. The summed E-state index contributed by atoms with van der Waals surface area (Å²) < 4.78 is 16.1. The maximum atomic E-state index is 12.7. The van der Waals surface area contributed by atoms with Gasteiger partial charge in [-0.1, -0.05) is 23.8 Å². The fourth-order valence-corrected chi connectivity index (χ4v) is 2.77. The van der Waals surface area contributed by atoms with Crippen molar-refractivity contribution in [3.8, 4) is 11.5 Å². The molecule has 7 heteroatoms. The fourth-order valence-electron chi connectivity index (χ4n) is 2.77. The van der Waals surface area contributed by atoms with Crippen molar-refractivity contribution in [2.24, 2.45) is 0 Å². The zero-order valence-corrected chi connectivity index (χ0v) is 17.4. The Hall–Kier alpha value is -4.00. The van der Waals surface area contributed by atoms with E-state index in [0.29, 0.717) is 22.8 Å². The number of furan rings is 1. The van der Waals surface area contributed by atoms with Gasteiger partial charge in [-0.2, -0.15) is 0 Å². The van der Waals surface area contributed by atoms with Crippen molar-refractivity contribution < 1.29 is 23.5 Å². The second-order valence-electron chi connectivity index (χ2n) is 6.68. The van der Waals surface area contributed by atoms with E-state index in [0.717, 1.165) is 5.56 Å². The number of benzene rings is 2. The summed E-state index contributed by atoms with van der Waals surface area (Å²) in [4.78, 5) is 25.3. The third-order valence-electron chi connectivity index (χ3n) is 4.30. The second kappa shape index (κ2) is 10.7. The smallest absolute Gasteiger partial charge is 0.268 e. The molecule has 2 aromatic carbocycles. The van der Waals surface area contributed by atoms with Gasteiger partial charge in [0.05, 0.1) is 19.9 Å². The number of hydrogen-bond acceptors (Lipinski definition) is 5. The molecule has 2 amide bonds. The second-order valence-corrected chi connectivity index (χ2v) is 6.68. The predicted octanol–water partition coefficient (Wildman–Crippen LogP) is 3.56. The summed E-state index contributed by atoms with van der Waals surface area (Å²) in [5.74, 6) is 0.926. The van der Waals surface area contributed by atoms with E-state index in [4.69, 9.17) is 13.9 Å². The molecule has 2 N–H and O–H groups in total. The van der Waals surface area contributed by atoms with Crippen LogP contribution in [0.3, 0.4) is 0 Å². The number of carbonyl (C=O) groups excluding carboxylic acids is 2. The van der Waals surface area contributed by atoms with Gasteiger partial charge in [0.1, 0.15) is 29.6 Å². The number of ether oxygens (including phenoxy) is 2. The van der Waals surface area contributed by atoms with E-state index in [1.54, 1.807) is 49.6 Å². The standard InChI is InChI=1S/C24H24N2O5/c1-17-6-3-7-18(14-17)23(27)26-22(16-21-10-5-12-30-21)24(28)25-11-13-31-20-9-4-8-19(15-20)29-2/h3-10,12,14-16H,11,13H2,1-2H3,(H,25,28)(H,26,27)/b22-16-. The van der Waals surface area contributed by atoms with Crippen LogP contribution in [0.25, 0.3) is 6.08 Å². The number of aryl methyl sites for hydroxylation is 1. The summed E-state index contributed by atoms with van der Waals surface area (Å²) in [6, 6.07) is 17.7. The van der Waals surface area contributed by atoms with Gasteiger partial charge in [-0.25, -0.2) is 0 Å². The first-order valence-electron chi connectivity index (χ1n) is 9.73. The summed E-state index contributed by atoms with van der Waals surface area (Å²) in [6.45, 7) is 2.38. The molecule has 0 spiro atoms. The summed E-state index contributed by atoms with van der Waals surface area (Å²) in [5, 5.41) is 5.41. The first kappa shape index (κ1) is 21.7. The molecule has 0 fully saturated rings. The zero-order chi connectivity index (χ0) is 22.1. The molecule has 1 heterocycles. The highest BCUT2D eigenvalue weighted by Crippen LogP contribution is 2.18. The molecule has 0 radical (unpaired) electrons. The lowest BCUT2D eigenvalue weighted by Crippen LogP contribution is -2.36. The first-order valence-corrected chi connectivity index (χ1v) is 9.73. The van der Waals surface area contributed by atoms with Crippen LogP contribution in [0, 0.1) is 6.92 Å². The molecule has 3 aromatic rings. The van der Waals surface area contributed by atoms with Gasteiger partial charge in [0.2, 0.25) is 0 Å².